The summed E-state index contributed by atoms with van der Waals surface area (Å²) in [5, 5.41) is 9.66. The van der Waals surface area contributed by atoms with Gasteiger partial charge in [-0.25, -0.2) is 9.29 Å². The summed E-state index contributed by atoms with van der Waals surface area (Å²) in [5.41, 5.74) is 1.58. The molecule has 1 N–H and O–H groups in total. The standard InChI is InChI=1S/C25H27FN2O4/c1-16(2)32-21-11-5-18(6-12-21)22-23(27-13-3-4-17(14-27)15-29)25(31)28(24(22)30)20-9-7-19(26)8-10-20/h5-12,16-17,29H,3-4,13-15H2,1-2H3. The number of ether oxygens (including phenoxy) is 1. The largest absolute Gasteiger partial charge is 0.491 e. The first kappa shape index (κ1) is 22.0. The number of halogens is 1. The normalized spacial score (nSPS) is 19.3. The Balaban J connectivity index is 1.76. The van der Waals surface area contributed by atoms with Crippen LogP contribution in [0.25, 0.3) is 5.57 Å². The number of hydrogen-bond donors (Lipinski definition) is 1. The lowest BCUT2D eigenvalue weighted by molar-refractivity contribution is -0.120. The van der Waals surface area contributed by atoms with Crippen LogP contribution in [0.2, 0.25) is 0 Å². The Bertz CT molecular complexity index is 1030. The Morgan fingerprint density at radius 1 is 1.06 bits per heavy atom. The van der Waals surface area contributed by atoms with Crippen LogP contribution in [0.15, 0.2) is 54.2 Å². The van der Waals surface area contributed by atoms with Gasteiger partial charge in [0.15, 0.2) is 0 Å². The van der Waals surface area contributed by atoms with Crippen molar-refractivity contribution < 1.29 is 23.8 Å². The van der Waals surface area contributed by atoms with Gasteiger partial charge in [0.25, 0.3) is 11.8 Å². The highest BCUT2D eigenvalue weighted by molar-refractivity contribution is 6.45. The SMILES string of the molecule is CC(C)Oc1ccc(C2=C(N3CCCC(CO)C3)C(=O)N(c3ccc(F)cc3)C2=O)cc1. The van der Waals surface area contributed by atoms with E-state index in [-0.39, 0.29) is 18.6 Å². The molecular formula is C25H27FN2O4. The molecule has 2 aromatic carbocycles. The van der Waals surface area contributed by atoms with Crippen molar-refractivity contribution >= 4 is 23.1 Å². The number of rotatable bonds is 6. The Labute approximate surface area is 186 Å². The predicted octanol–water partition coefficient (Wildman–Crippen LogP) is 3.60. The Kier molecular flexibility index (Phi) is 6.28. The highest BCUT2D eigenvalue weighted by Gasteiger charge is 2.43. The first-order valence-corrected chi connectivity index (χ1v) is 10.9. The average Bonchev–Trinajstić information content (AvgIpc) is 3.04. The number of likely N-dealkylation sites (tertiary alicyclic amines) is 1. The van der Waals surface area contributed by atoms with Gasteiger partial charge in [-0.1, -0.05) is 12.1 Å². The van der Waals surface area contributed by atoms with Gasteiger partial charge in [0, 0.05) is 19.7 Å². The Morgan fingerprint density at radius 3 is 2.38 bits per heavy atom. The van der Waals surface area contributed by atoms with Gasteiger partial charge >= 0.3 is 0 Å². The minimum Gasteiger partial charge on any atom is -0.491 e. The molecule has 0 radical (unpaired) electrons. The topological polar surface area (TPSA) is 70.1 Å². The summed E-state index contributed by atoms with van der Waals surface area (Å²) in [5.74, 6) is -0.597. The van der Waals surface area contributed by atoms with E-state index in [1.165, 1.54) is 24.3 Å². The van der Waals surface area contributed by atoms with Crippen molar-refractivity contribution in [2.75, 3.05) is 24.6 Å². The van der Waals surface area contributed by atoms with Gasteiger partial charge in [-0.15, -0.1) is 0 Å². The molecule has 2 aromatic rings. The smallest absolute Gasteiger partial charge is 0.282 e. The Morgan fingerprint density at radius 2 is 1.75 bits per heavy atom. The van der Waals surface area contributed by atoms with Crippen molar-refractivity contribution in [3.8, 4) is 5.75 Å². The molecule has 32 heavy (non-hydrogen) atoms. The van der Waals surface area contributed by atoms with Crippen molar-refractivity contribution in [3.63, 3.8) is 0 Å². The predicted molar refractivity (Wildman–Crippen MR) is 119 cm³/mol. The number of aliphatic hydroxyl groups excluding tert-OH is 1. The molecule has 168 valence electrons. The quantitative estimate of drug-likeness (QED) is 0.698. The molecule has 0 spiro atoms. The number of carbonyl (C=O) groups excluding carboxylic acids is 2. The minimum absolute atomic E-state index is 0.0167. The second-order valence-corrected chi connectivity index (χ2v) is 8.47. The minimum atomic E-state index is -0.444. The van der Waals surface area contributed by atoms with E-state index in [0.29, 0.717) is 41.4 Å². The fraction of sp³-hybridized carbons (Fsp3) is 0.360. The van der Waals surface area contributed by atoms with Crippen LogP contribution >= 0.6 is 0 Å². The molecule has 7 heteroatoms. The van der Waals surface area contributed by atoms with E-state index in [1.54, 1.807) is 24.3 Å². The number of carbonyl (C=O) groups is 2. The van der Waals surface area contributed by atoms with Gasteiger partial charge in [-0.3, -0.25) is 9.59 Å². The molecule has 1 unspecified atom stereocenters. The molecule has 1 fully saturated rings. The molecule has 0 bridgehead atoms. The first-order valence-electron chi connectivity index (χ1n) is 10.9. The maximum atomic E-state index is 13.5. The van der Waals surface area contributed by atoms with Crippen LogP contribution in [-0.2, 0) is 9.59 Å². The number of imide groups is 1. The number of amides is 2. The molecule has 6 nitrogen and oxygen atoms in total. The number of aliphatic hydroxyl groups is 1. The molecule has 1 atom stereocenters. The zero-order valence-electron chi connectivity index (χ0n) is 18.3. The van der Waals surface area contributed by atoms with E-state index in [9.17, 15) is 19.1 Å². The summed E-state index contributed by atoms with van der Waals surface area (Å²) in [4.78, 5) is 30.0. The molecular weight excluding hydrogens is 411 g/mol. The second kappa shape index (κ2) is 9.12. The number of piperidine rings is 1. The lowest BCUT2D eigenvalue weighted by atomic mass is 9.97. The van der Waals surface area contributed by atoms with E-state index in [0.717, 1.165) is 17.7 Å². The summed E-state index contributed by atoms with van der Waals surface area (Å²) in [6.07, 6.45) is 1.71. The van der Waals surface area contributed by atoms with Crippen LogP contribution in [0.5, 0.6) is 5.75 Å². The third-order valence-electron chi connectivity index (χ3n) is 5.75. The molecule has 2 amide bonds. The lowest BCUT2D eigenvalue weighted by Crippen LogP contribution is -2.40. The summed E-state index contributed by atoms with van der Waals surface area (Å²) in [6, 6.07) is 12.4. The lowest BCUT2D eigenvalue weighted by Gasteiger charge is -2.34. The fourth-order valence-corrected chi connectivity index (χ4v) is 4.29. The molecule has 2 heterocycles. The molecule has 2 aliphatic heterocycles. The van der Waals surface area contributed by atoms with Gasteiger partial charge in [0.05, 0.1) is 17.4 Å². The number of hydrogen-bond acceptors (Lipinski definition) is 5. The van der Waals surface area contributed by atoms with Gasteiger partial charge in [-0.05, 0) is 74.6 Å². The summed E-state index contributed by atoms with van der Waals surface area (Å²) in [7, 11) is 0. The molecule has 2 aliphatic rings. The highest BCUT2D eigenvalue weighted by atomic mass is 19.1. The third kappa shape index (κ3) is 4.25. The van der Waals surface area contributed by atoms with E-state index in [1.807, 2.05) is 18.7 Å². The second-order valence-electron chi connectivity index (χ2n) is 8.47. The van der Waals surface area contributed by atoms with Crippen molar-refractivity contribution in [3.05, 3.63) is 65.6 Å². The Hall–Kier alpha value is -3.19. The molecule has 0 aliphatic carbocycles. The summed E-state index contributed by atoms with van der Waals surface area (Å²) < 4.78 is 19.1. The van der Waals surface area contributed by atoms with E-state index >= 15 is 0 Å². The van der Waals surface area contributed by atoms with Crippen LogP contribution in [0.3, 0.4) is 0 Å². The molecule has 0 saturated carbocycles. The van der Waals surface area contributed by atoms with E-state index in [4.69, 9.17) is 4.74 Å². The van der Waals surface area contributed by atoms with Gasteiger partial charge in [0.2, 0.25) is 0 Å². The van der Waals surface area contributed by atoms with Crippen LogP contribution in [0, 0.1) is 11.7 Å². The maximum absolute atomic E-state index is 13.5. The summed E-state index contributed by atoms with van der Waals surface area (Å²) >= 11 is 0. The fourth-order valence-electron chi connectivity index (χ4n) is 4.29. The highest BCUT2D eigenvalue weighted by Crippen LogP contribution is 2.37. The van der Waals surface area contributed by atoms with Gasteiger partial charge < -0.3 is 14.7 Å². The number of anilines is 1. The molecule has 1 saturated heterocycles. The van der Waals surface area contributed by atoms with Crippen molar-refractivity contribution in [2.45, 2.75) is 32.8 Å². The van der Waals surface area contributed by atoms with Crippen LogP contribution in [0.4, 0.5) is 10.1 Å². The third-order valence-corrected chi connectivity index (χ3v) is 5.75. The molecule has 0 aromatic heterocycles. The molecule has 4 rings (SSSR count). The van der Waals surface area contributed by atoms with Crippen LogP contribution < -0.4 is 9.64 Å². The zero-order valence-corrected chi connectivity index (χ0v) is 18.3. The van der Waals surface area contributed by atoms with E-state index < -0.39 is 17.6 Å². The maximum Gasteiger partial charge on any atom is 0.282 e. The van der Waals surface area contributed by atoms with Crippen molar-refractivity contribution in [2.24, 2.45) is 5.92 Å². The summed E-state index contributed by atoms with van der Waals surface area (Å²) in [6.45, 7) is 5.02. The monoisotopic (exact) mass is 438 g/mol. The number of benzene rings is 2. The van der Waals surface area contributed by atoms with Crippen LogP contribution in [-0.4, -0.2) is 47.6 Å². The number of nitrogens with zero attached hydrogens (tertiary/aromatic N) is 2. The van der Waals surface area contributed by atoms with Crippen molar-refractivity contribution in [1.29, 1.82) is 0 Å². The first-order chi connectivity index (χ1) is 15.4. The van der Waals surface area contributed by atoms with Crippen LogP contribution in [0.1, 0.15) is 32.3 Å². The van der Waals surface area contributed by atoms with Gasteiger partial charge in [-0.2, -0.15) is 0 Å². The van der Waals surface area contributed by atoms with Gasteiger partial charge in [0.1, 0.15) is 17.3 Å². The zero-order chi connectivity index (χ0) is 22.8. The average molecular weight is 438 g/mol. The van der Waals surface area contributed by atoms with Crippen molar-refractivity contribution in [1.82, 2.24) is 4.90 Å². The van der Waals surface area contributed by atoms with E-state index in [2.05, 4.69) is 0 Å².